The highest BCUT2D eigenvalue weighted by molar-refractivity contribution is 5.72. The first-order valence-electron chi connectivity index (χ1n) is 6.24. The minimum absolute atomic E-state index is 0.180. The maximum atomic E-state index is 11.7. The van der Waals surface area contributed by atoms with Crippen molar-refractivity contribution in [3.63, 3.8) is 0 Å². The molecule has 2 N–H and O–H groups in total. The molecule has 0 aliphatic rings. The quantitative estimate of drug-likeness (QED) is 0.664. The number of nitrogens with two attached hydrogens (primary N) is 1. The lowest BCUT2D eigenvalue weighted by molar-refractivity contribution is -0.150. The molecule has 4 nitrogen and oxygen atoms in total. The van der Waals surface area contributed by atoms with Crippen LogP contribution in [0.25, 0.3) is 0 Å². The first kappa shape index (κ1) is 16.4. The molecule has 0 spiro atoms. The third kappa shape index (κ3) is 7.34. The lowest BCUT2D eigenvalue weighted by atomic mass is 9.97. The fourth-order valence-electron chi connectivity index (χ4n) is 1.48. The molecule has 1 unspecified atom stereocenters. The summed E-state index contributed by atoms with van der Waals surface area (Å²) in [5.74, 6) is 0.0836. The Hall–Kier alpha value is -0.610. The van der Waals surface area contributed by atoms with Gasteiger partial charge >= 0.3 is 5.97 Å². The zero-order valence-electron chi connectivity index (χ0n) is 11.8. The third-order valence-corrected chi connectivity index (χ3v) is 2.87. The third-order valence-electron chi connectivity index (χ3n) is 2.87. The van der Waals surface area contributed by atoms with Crippen LogP contribution in [0, 0.1) is 11.8 Å². The standard InChI is InChI=1S/C13H27NO3/c1-10(2)8-11(9-14)12(15)17-7-6-13(3,4)16-5/h10-11H,6-9,14H2,1-5H3. The predicted molar refractivity (Wildman–Crippen MR) is 68.7 cm³/mol. The summed E-state index contributed by atoms with van der Waals surface area (Å²) in [6.45, 7) is 8.82. The summed E-state index contributed by atoms with van der Waals surface area (Å²) in [5.41, 5.74) is 5.33. The minimum atomic E-state index is -0.253. The van der Waals surface area contributed by atoms with E-state index in [9.17, 15) is 4.79 Å². The van der Waals surface area contributed by atoms with E-state index < -0.39 is 0 Å². The van der Waals surface area contributed by atoms with Gasteiger partial charge in [-0.05, 0) is 26.2 Å². The Morgan fingerprint density at radius 3 is 2.35 bits per heavy atom. The summed E-state index contributed by atoms with van der Waals surface area (Å²) in [7, 11) is 1.66. The Kier molecular flexibility index (Phi) is 7.39. The van der Waals surface area contributed by atoms with Crippen LogP contribution in [-0.4, -0.2) is 31.8 Å². The molecule has 0 heterocycles. The number of carbonyl (C=O) groups is 1. The molecule has 0 amide bonds. The van der Waals surface area contributed by atoms with Gasteiger partial charge in [-0.15, -0.1) is 0 Å². The first-order chi connectivity index (χ1) is 7.82. The molecular weight excluding hydrogens is 218 g/mol. The van der Waals surface area contributed by atoms with Gasteiger partial charge in [0.05, 0.1) is 18.1 Å². The molecule has 4 heteroatoms. The molecule has 17 heavy (non-hydrogen) atoms. The van der Waals surface area contributed by atoms with Crippen LogP contribution >= 0.6 is 0 Å². The van der Waals surface area contributed by atoms with E-state index in [-0.39, 0.29) is 17.5 Å². The van der Waals surface area contributed by atoms with E-state index in [1.807, 2.05) is 13.8 Å². The number of esters is 1. The Labute approximate surface area is 105 Å². The number of rotatable bonds is 8. The second-order valence-electron chi connectivity index (χ2n) is 5.44. The predicted octanol–water partition coefficient (Wildman–Crippen LogP) is 1.97. The Morgan fingerprint density at radius 2 is 1.94 bits per heavy atom. The van der Waals surface area contributed by atoms with Gasteiger partial charge in [0.1, 0.15) is 0 Å². The van der Waals surface area contributed by atoms with Crippen LogP contribution in [0.3, 0.4) is 0 Å². The van der Waals surface area contributed by atoms with Gasteiger partial charge < -0.3 is 15.2 Å². The van der Waals surface area contributed by atoms with Crippen molar-refractivity contribution in [2.24, 2.45) is 17.6 Å². The van der Waals surface area contributed by atoms with Crippen molar-refractivity contribution < 1.29 is 14.3 Å². The van der Waals surface area contributed by atoms with Gasteiger partial charge in [-0.3, -0.25) is 4.79 Å². The van der Waals surface area contributed by atoms with Crippen molar-refractivity contribution in [2.45, 2.75) is 46.1 Å². The number of ether oxygens (including phenoxy) is 2. The summed E-state index contributed by atoms with van der Waals surface area (Å²) in [4.78, 5) is 11.7. The van der Waals surface area contributed by atoms with Crippen LogP contribution in [0.2, 0.25) is 0 Å². The summed E-state index contributed by atoms with van der Waals surface area (Å²) in [6.07, 6.45) is 1.47. The second-order valence-corrected chi connectivity index (χ2v) is 5.44. The van der Waals surface area contributed by atoms with E-state index in [0.29, 0.717) is 25.5 Å². The van der Waals surface area contributed by atoms with Gasteiger partial charge in [0, 0.05) is 20.1 Å². The SMILES string of the molecule is COC(C)(C)CCOC(=O)C(CN)CC(C)C. The van der Waals surface area contributed by atoms with Gasteiger partial charge in [-0.2, -0.15) is 0 Å². The summed E-state index contributed by atoms with van der Waals surface area (Å²) in [6, 6.07) is 0. The number of carbonyl (C=O) groups excluding carboxylic acids is 1. The highest BCUT2D eigenvalue weighted by atomic mass is 16.5. The Balaban J connectivity index is 3.99. The van der Waals surface area contributed by atoms with Gasteiger partial charge in [0.2, 0.25) is 0 Å². The summed E-state index contributed by atoms with van der Waals surface area (Å²) >= 11 is 0. The molecule has 0 aromatic heterocycles. The highest BCUT2D eigenvalue weighted by Crippen LogP contribution is 2.15. The number of hydrogen-bond acceptors (Lipinski definition) is 4. The lowest BCUT2D eigenvalue weighted by Crippen LogP contribution is -2.30. The molecule has 0 saturated carbocycles. The van der Waals surface area contributed by atoms with Gasteiger partial charge in [0.15, 0.2) is 0 Å². The van der Waals surface area contributed by atoms with Crippen LogP contribution in [0.1, 0.15) is 40.5 Å². The van der Waals surface area contributed by atoms with Gasteiger partial charge in [0.25, 0.3) is 0 Å². The lowest BCUT2D eigenvalue weighted by Gasteiger charge is -2.23. The minimum Gasteiger partial charge on any atom is -0.465 e. The smallest absolute Gasteiger partial charge is 0.310 e. The Morgan fingerprint density at radius 1 is 1.35 bits per heavy atom. The van der Waals surface area contributed by atoms with E-state index in [1.165, 1.54) is 0 Å². The molecule has 0 saturated heterocycles. The second kappa shape index (κ2) is 7.67. The van der Waals surface area contributed by atoms with Gasteiger partial charge in [-0.1, -0.05) is 13.8 Å². The van der Waals surface area contributed by atoms with E-state index in [1.54, 1.807) is 7.11 Å². The molecule has 0 radical (unpaired) electrons. The van der Waals surface area contributed by atoms with Crippen molar-refractivity contribution in [3.8, 4) is 0 Å². The molecule has 0 aliphatic carbocycles. The van der Waals surface area contributed by atoms with Crippen LogP contribution in [0.5, 0.6) is 0 Å². The molecule has 0 fully saturated rings. The largest absolute Gasteiger partial charge is 0.465 e. The maximum Gasteiger partial charge on any atom is 0.310 e. The molecule has 0 rings (SSSR count). The van der Waals surface area contributed by atoms with Crippen LogP contribution in [0.4, 0.5) is 0 Å². The molecule has 0 aliphatic heterocycles. The summed E-state index contributed by atoms with van der Waals surface area (Å²) < 4.78 is 10.5. The molecular formula is C13H27NO3. The average molecular weight is 245 g/mol. The summed E-state index contributed by atoms with van der Waals surface area (Å²) in [5, 5.41) is 0. The fourth-order valence-corrected chi connectivity index (χ4v) is 1.48. The molecule has 0 aromatic carbocycles. The van der Waals surface area contributed by atoms with Crippen LogP contribution in [-0.2, 0) is 14.3 Å². The highest BCUT2D eigenvalue weighted by Gasteiger charge is 2.21. The topological polar surface area (TPSA) is 61.5 Å². The van der Waals surface area contributed by atoms with E-state index in [0.717, 1.165) is 6.42 Å². The monoisotopic (exact) mass is 245 g/mol. The van der Waals surface area contributed by atoms with Crippen LogP contribution < -0.4 is 5.73 Å². The molecule has 1 atom stereocenters. The zero-order chi connectivity index (χ0) is 13.5. The van der Waals surface area contributed by atoms with Crippen molar-refractivity contribution >= 4 is 5.97 Å². The van der Waals surface area contributed by atoms with Crippen LogP contribution in [0.15, 0.2) is 0 Å². The average Bonchev–Trinajstić information content (AvgIpc) is 2.25. The normalized spacial score (nSPS) is 13.8. The Bertz CT molecular complexity index is 227. The molecule has 0 aromatic rings. The van der Waals surface area contributed by atoms with E-state index >= 15 is 0 Å². The fraction of sp³-hybridized carbons (Fsp3) is 0.923. The van der Waals surface area contributed by atoms with E-state index in [2.05, 4.69) is 13.8 Å². The van der Waals surface area contributed by atoms with E-state index in [4.69, 9.17) is 15.2 Å². The van der Waals surface area contributed by atoms with Crippen molar-refractivity contribution in [1.82, 2.24) is 0 Å². The number of hydrogen-bond donors (Lipinski definition) is 1. The molecule has 102 valence electrons. The van der Waals surface area contributed by atoms with Crippen molar-refractivity contribution in [1.29, 1.82) is 0 Å². The van der Waals surface area contributed by atoms with Crippen molar-refractivity contribution in [2.75, 3.05) is 20.3 Å². The maximum absolute atomic E-state index is 11.7. The number of methoxy groups -OCH3 is 1. The zero-order valence-corrected chi connectivity index (χ0v) is 11.8. The molecule has 0 bridgehead atoms. The van der Waals surface area contributed by atoms with Crippen molar-refractivity contribution in [3.05, 3.63) is 0 Å². The van der Waals surface area contributed by atoms with Gasteiger partial charge in [-0.25, -0.2) is 0 Å². The first-order valence-corrected chi connectivity index (χ1v) is 6.24.